The summed E-state index contributed by atoms with van der Waals surface area (Å²) in [5.41, 5.74) is 9.82. The minimum atomic E-state index is 0.0779. The van der Waals surface area contributed by atoms with Crippen molar-refractivity contribution in [2.75, 3.05) is 5.73 Å². The minimum absolute atomic E-state index is 0.0779. The molecule has 0 saturated carbocycles. The minimum Gasteiger partial charge on any atom is -0.384 e. The summed E-state index contributed by atoms with van der Waals surface area (Å²) in [6.45, 7) is 4.56. The van der Waals surface area contributed by atoms with Crippen LogP contribution in [0.5, 0.6) is 0 Å². The number of aromatic amines is 1. The Hall–Kier alpha value is -2.04. The second-order valence-electron chi connectivity index (χ2n) is 6.83. The molecule has 3 N–H and O–H groups in total. The highest BCUT2D eigenvalue weighted by molar-refractivity contribution is 7.19. The van der Waals surface area contributed by atoms with Gasteiger partial charge in [0.1, 0.15) is 10.6 Å². The highest BCUT2D eigenvalue weighted by Gasteiger charge is 2.32. The molecule has 1 aliphatic carbocycles. The first-order valence-corrected chi connectivity index (χ1v) is 9.04. The number of allylic oxidation sites excluding steroid dienone is 2. The van der Waals surface area contributed by atoms with Gasteiger partial charge in [0, 0.05) is 20.9 Å². The zero-order valence-corrected chi connectivity index (χ0v) is 15.1. The molecule has 0 radical (unpaired) electrons. The van der Waals surface area contributed by atoms with Crippen LogP contribution in [0.1, 0.15) is 36.3 Å². The lowest BCUT2D eigenvalue weighted by Gasteiger charge is -2.29. The number of nitrogens with zero attached hydrogens (tertiary/aromatic N) is 1. The maximum absolute atomic E-state index is 6.09. The third-order valence-corrected chi connectivity index (χ3v) is 6.14. The third kappa shape index (κ3) is 2.56. The number of nitrogen functional groups attached to an aromatic ring is 1. The van der Waals surface area contributed by atoms with Gasteiger partial charge in [-0.15, -0.1) is 11.3 Å². The van der Waals surface area contributed by atoms with Crippen LogP contribution in [0.15, 0.2) is 35.9 Å². The molecule has 0 spiro atoms. The van der Waals surface area contributed by atoms with Gasteiger partial charge >= 0.3 is 0 Å². The van der Waals surface area contributed by atoms with Crippen molar-refractivity contribution in [3.63, 3.8) is 0 Å². The van der Waals surface area contributed by atoms with Crippen molar-refractivity contribution in [1.29, 1.82) is 0 Å². The molecular formula is C19H18ClN3S. The van der Waals surface area contributed by atoms with Crippen LogP contribution >= 0.6 is 22.9 Å². The first-order valence-electron chi connectivity index (χ1n) is 7.85. The van der Waals surface area contributed by atoms with Crippen LogP contribution in [-0.4, -0.2) is 10.2 Å². The number of nitrogens with two attached hydrogens (primary N) is 1. The predicted octanol–water partition coefficient (Wildman–Crippen LogP) is 5.64. The second-order valence-corrected chi connectivity index (χ2v) is 8.26. The van der Waals surface area contributed by atoms with Gasteiger partial charge in [-0.05, 0) is 35.8 Å². The first-order chi connectivity index (χ1) is 11.4. The van der Waals surface area contributed by atoms with Gasteiger partial charge in [-0.3, -0.25) is 5.10 Å². The molecule has 122 valence electrons. The fraction of sp³-hybridized carbons (Fsp3) is 0.211. The second kappa shape index (κ2) is 5.50. The van der Waals surface area contributed by atoms with Gasteiger partial charge in [0.15, 0.2) is 0 Å². The number of hydrogen-bond acceptors (Lipinski definition) is 3. The third-order valence-electron chi connectivity index (χ3n) is 4.42. The molecule has 24 heavy (non-hydrogen) atoms. The van der Waals surface area contributed by atoms with Crippen molar-refractivity contribution < 1.29 is 0 Å². The molecule has 4 rings (SSSR count). The van der Waals surface area contributed by atoms with Crippen LogP contribution in [0.25, 0.3) is 22.4 Å². The Kier molecular flexibility index (Phi) is 3.55. The zero-order valence-electron chi connectivity index (χ0n) is 13.6. The van der Waals surface area contributed by atoms with Crippen LogP contribution in [0, 0.1) is 0 Å². The lowest BCUT2D eigenvalue weighted by atomic mass is 9.77. The standard InChI is InChI=1S/C19H18ClN3S/c1-19(2)10-12(4-3-11-5-7-13(20)8-6-11)9-14-15-17(21)22-23-18(15)24-16(14)19/h3-9H,10H2,1-2H3,(H3,21,22,23)/b4-3+. The molecule has 0 aliphatic heterocycles. The molecule has 2 heterocycles. The number of fused-ring (bicyclic) bond motifs is 3. The number of aromatic nitrogens is 2. The monoisotopic (exact) mass is 355 g/mol. The fourth-order valence-corrected chi connectivity index (χ4v) is 4.64. The van der Waals surface area contributed by atoms with E-state index in [-0.39, 0.29) is 5.41 Å². The number of thiophene rings is 1. The van der Waals surface area contributed by atoms with Crippen LogP contribution < -0.4 is 5.73 Å². The van der Waals surface area contributed by atoms with Gasteiger partial charge in [0.05, 0.1) is 5.39 Å². The molecule has 3 nitrogen and oxygen atoms in total. The van der Waals surface area contributed by atoms with E-state index in [1.54, 1.807) is 11.3 Å². The van der Waals surface area contributed by atoms with E-state index in [9.17, 15) is 0 Å². The van der Waals surface area contributed by atoms with E-state index in [1.807, 2.05) is 24.3 Å². The van der Waals surface area contributed by atoms with E-state index in [2.05, 4.69) is 42.3 Å². The molecule has 3 aromatic rings. The van der Waals surface area contributed by atoms with Crippen molar-refractivity contribution in [3.8, 4) is 0 Å². The quantitative estimate of drug-likeness (QED) is 0.625. The fourth-order valence-electron chi connectivity index (χ4n) is 3.29. The van der Waals surface area contributed by atoms with Gasteiger partial charge in [0.2, 0.25) is 0 Å². The lowest BCUT2D eigenvalue weighted by molar-refractivity contribution is 0.531. The van der Waals surface area contributed by atoms with E-state index in [0.29, 0.717) is 5.82 Å². The topological polar surface area (TPSA) is 54.7 Å². The molecule has 2 aromatic heterocycles. The average Bonchev–Trinajstić information content (AvgIpc) is 3.08. The number of anilines is 1. The maximum atomic E-state index is 6.09. The lowest BCUT2D eigenvalue weighted by Crippen LogP contribution is -2.20. The van der Waals surface area contributed by atoms with Crippen molar-refractivity contribution in [3.05, 3.63) is 56.9 Å². The maximum Gasteiger partial charge on any atom is 0.148 e. The highest BCUT2D eigenvalue weighted by Crippen LogP contribution is 2.47. The Bertz CT molecular complexity index is 974. The van der Waals surface area contributed by atoms with Crippen LogP contribution in [-0.2, 0) is 5.41 Å². The summed E-state index contributed by atoms with van der Waals surface area (Å²) in [4.78, 5) is 2.36. The van der Waals surface area contributed by atoms with Crippen molar-refractivity contribution in [2.24, 2.45) is 0 Å². The number of benzene rings is 1. The van der Waals surface area contributed by atoms with Crippen molar-refractivity contribution in [1.82, 2.24) is 10.2 Å². The molecule has 0 saturated heterocycles. The predicted molar refractivity (Wildman–Crippen MR) is 104 cm³/mol. The number of halogens is 1. The molecule has 0 fully saturated rings. The van der Waals surface area contributed by atoms with Crippen LogP contribution in [0.3, 0.4) is 0 Å². The molecule has 5 heteroatoms. The summed E-state index contributed by atoms with van der Waals surface area (Å²) >= 11 is 7.69. The van der Waals surface area contributed by atoms with Gasteiger partial charge in [0.25, 0.3) is 0 Å². The summed E-state index contributed by atoms with van der Waals surface area (Å²) in [5.74, 6) is 0.650. The number of H-pyrrole nitrogens is 1. The van der Waals surface area contributed by atoms with E-state index in [0.717, 1.165) is 27.2 Å². The van der Waals surface area contributed by atoms with Gasteiger partial charge in [-0.2, -0.15) is 5.10 Å². The molecule has 0 amide bonds. The van der Waals surface area contributed by atoms with Gasteiger partial charge in [-0.25, -0.2) is 0 Å². The summed E-state index contributed by atoms with van der Waals surface area (Å²) in [7, 11) is 0. The van der Waals surface area contributed by atoms with Crippen molar-refractivity contribution in [2.45, 2.75) is 25.7 Å². The Morgan fingerprint density at radius 1 is 1.25 bits per heavy atom. The van der Waals surface area contributed by atoms with E-state index in [1.165, 1.54) is 16.0 Å². The summed E-state index contributed by atoms with van der Waals surface area (Å²) in [6, 6.07) is 7.87. The number of rotatable bonds is 2. The number of nitrogens with one attached hydrogen (secondary N) is 1. The molecule has 0 bridgehead atoms. The summed E-state index contributed by atoms with van der Waals surface area (Å²) in [6.07, 6.45) is 7.56. The Morgan fingerprint density at radius 3 is 2.75 bits per heavy atom. The Balaban J connectivity index is 1.77. The van der Waals surface area contributed by atoms with Crippen LogP contribution in [0.2, 0.25) is 5.02 Å². The molecule has 0 unspecified atom stereocenters. The number of hydrogen-bond donors (Lipinski definition) is 2. The Labute approximate surface area is 149 Å². The molecule has 0 atom stereocenters. The normalized spacial score (nSPS) is 16.5. The van der Waals surface area contributed by atoms with E-state index < -0.39 is 0 Å². The Morgan fingerprint density at radius 2 is 2.00 bits per heavy atom. The van der Waals surface area contributed by atoms with Gasteiger partial charge in [-0.1, -0.05) is 49.7 Å². The van der Waals surface area contributed by atoms with E-state index >= 15 is 0 Å². The summed E-state index contributed by atoms with van der Waals surface area (Å²) < 4.78 is 0. The summed E-state index contributed by atoms with van der Waals surface area (Å²) in [5, 5.41) is 9.03. The van der Waals surface area contributed by atoms with Crippen molar-refractivity contribution >= 4 is 51.1 Å². The zero-order chi connectivity index (χ0) is 16.9. The van der Waals surface area contributed by atoms with Crippen LogP contribution in [0.4, 0.5) is 5.82 Å². The highest BCUT2D eigenvalue weighted by atomic mass is 35.5. The molecule has 1 aliphatic rings. The molecular weight excluding hydrogens is 338 g/mol. The average molecular weight is 356 g/mol. The van der Waals surface area contributed by atoms with Gasteiger partial charge < -0.3 is 5.73 Å². The SMILES string of the molecule is CC1(C)CC(/C=C/c2ccc(Cl)cc2)=Cc2c1sc1n[nH]c(N)c21. The smallest absolute Gasteiger partial charge is 0.148 e. The largest absolute Gasteiger partial charge is 0.384 e. The molecule has 1 aromatic carbocycles. The van der Waals surface area contributed by atoms with E-state index in [4.69, 9.17) is 17.3 Å². The first kappa shape index (κ1) is 15.5.